The van der Waals surface area contributed by atoms with Crippen LogP contribution in [0.15, 0.2) is 60.8 Å². The second-order valence-electron chi connectivity index (χ2n) is 10.1. The predicted octanol–water partition coefficient (Wildman–Crippen LogP) is 7.02. The van der Waals surface area contributed by atoms with Gasteiger partial charge >= 0.3 is 12.1 Å². The highest BCUT2D eigenvalue weighted by Crippen LogP contribution is 2.48. The minimum absolute atomic E-state index is 0.0491. The van der Waals surface area contributed by atoms with Crippen LogP contribution in [-0.2, 0) is 17.4 Å². The molecule has 2 heterocycles. The molecular weight excluding hydrogens is 528 g/mol. The lowest BCUT2D eigenvalue weighted by atomic mass is 9.90. The molecule has 6 nitrogen and oxygen atoms in total. The lowest BCUT2D eigenvalue weighted by Crippen LogP contribution is -2.13. The van der Waals surface area contributed by atoms with Gasteiger partial charge in [-0.3, -0.25) is 4.79 Å². The monoisotopic (exact) mass is 552 g/mol. The van der Waals surface area contributed by atoms with E-state index in [-0.39, 0.29) is 42.1 Å². The summed E-state index contributed by atoms with van der Waals surface area (Å²) in [7, 11) is 0. The van der Waals surface area contributed by atoms with Gasteiger partial charge in [-0.25, -0.2) is 9.07 Å². The van der Waals surface area contributed by atoms with E-state index in [0.29, 0.717) is 35.2 Å². The SMILES string of the molecule is Cc1ccn(-c2ccc(-c3c(C(F)(F)F)cc(F)c4c3CCC4Oc3ccc4c(c3)OCC4CC(=O)O)cc2)n1. The van der Waals surface area contributed by atoms with Crippen LogP contribution in [0.5, 0.6) is 11.5 Å². The van der Waals surface area contributed by atoms with E-state index >= 15 is 4.39 Å². The summed E-state index contributed by atoms with van der Waals surface area (Å²) in [4.78, 5) is 11.1. The summed E-state index contributed by atoms with van der Waals surface area (Å²) >= 11 is 0. The smallest absolute Gasteiger partial charge is 0.417 e. The van der Waals surface area contributed by atoms with Crippen molar-refractivity contribution < 1.29 is 36.9 Å². The molecule has 0 spiro atoms. The van der Waals surface area contributed by atoms with Crippen LogP contribution in [0.1, 0.15) is 52.8 Å². The third-order valence-corrected chi connectivity index (χ3v) is 7.42. The Morgan fingerprint density at radius 3 is 2.60 bits per heavy atom. The first-order chi connectivity index (χ1) is 19.1. The van der Waals surface area contributed by atoms with Crippen molar-refractivity contribution in [3.05, 3.63) is 94.6 Å². The van der Waals surface area contributed by atoms with Gasteiger partial charge in [0.15, 0.2) is 0 Å². The molecule has 0 bridgehead atoms. The number of hydrogen-bond acceptors (Lipinski definition) is 4. The highest BCUT2D eigenvalue weighted by Gasteiger charge is 2.40. The van der Waals surface area contributed by atoms with E-state index in [2.05, 4.69) is 5.10 Å². The molecule has 1 aliphatic heterocycles. The van der Waals surface area contributed by atoms with Crippen LogP contribution in [-0.4, -0.2) is 27.5 Å². The summed E-state index contributed by atoms with van der Waals surface area (Å²) in [5.74, 6) is -1.32. The van der Waals surface area contributed by atoms with Crippen molar-refractivity contribution in [2.75, 3.05) is 6.61 Å². The number of carbonyl (C=O) groups is 1. The number of hydrogen-bond donors (Lipinski definition) is 1. The number of nitrogens with zero attached hydrogens (tertiary/aromatic N) is 2. The van der Waals surface area contributed by atoms with Crippen molar-refractivity contribution in [2.24, 2.45) is 0 Å². The van der Waals surface area contributed by atoms with E-state index in [1.165, 1.54) is 0 Å². The molecule has 2 aliphatic rings. The Balaban J connectivity index is 1.35. The van der Waals surface area contributed by atoms with Gasteiger partial charge in [-0.05, 0) is 66.8 Å². The van der Waals surface area contributed by atoms with E-state index in [9.17, 15) is 18.0 Å². The summed E-state index contributed by atoms with van der Waals surface area (Å²) in [6.45, 7) is 2.07. The lowest BCUT2D eigenvalue weighted by molar-refractivity contribution is -0.138. The normalized spacial score (nSPS) is 17.8. The Morgan fingerprint density at radius 1 is 1.15 bits per heavy atom. The highest BCUT2D eigenvalue weighted by atomic mass is 19.4. The standard InChI is InChI=1S/C30H24F4N2O4/c1-16-10-11-36(35-16)19-4-2-17(3-5-19)28-22-8-9-25(29(22)24(31)14-23(28)30(32,33)34)40-20-6-7-21-18(12-27(37)38)15-39-26(21)13-20/h2-7,10-11,13-14,18,25H,8-9,12,15H2,1H3,(H,37,38). The number of aryl methyl sites for hydroxylation is 1. The Bertz CT molecular complexity index is 1610. The van der Waals surface area contributed by atoms with Crippen LogP contribution in [0.25, 0.3) is 16.8 Å². The molecule has 10 heteroatoms. The number of ether oxygens (including phenoxy) is 2. The summed E-state index contributed by atoms with van der Waals surface area (Å²) in [5, 5.41) is 13.4. The Morgan fingerprint density at radius 2 is 1.93 bits per heavy atom. The van der Waals surface area contributed by atoms with E-state index < -0.39 is 29.6 Å². The van der Waals surface area contributed by atoms with Gasteiger partial charge in [-0.1, -0.05) is 18.2 Å². The van der Waals surface area contributed by atoms with Crippen LogP contribution in [0, 0.1) is 12.7 Å². The molecule has 0 fully saturated rings. The Hall–Kier alpha value is -4.34. The zero-order valence-corrected chi connectivity index (χ0v) is 21.3. The summed E-state index contributed by atoms with van der Waals surface area (Å²) < 4.78 is 71.1. The molecule has 6 rings (SSSR count). The first-order valence-electron chi connectivity index (χ1n) is 12.8. The number of aromatic nitrogens is 2. The number of carboxylic acid groups (broad SMARTS) is 1. The topological polar surface area (TPSA) is 73.6 Å². The maximum Gasteiger partial charge on any atom is 0.417 e. The maximum absolute atomic E-state index is 15.3. The Labute approximate surface area is 226 Å². The van der Waals surface area contributed by atoms with Crippen molar-refractivity contribution in [2.45, 2.75) is 44.4 Å². The molecule has 206 valence electrons. The molecule has 1 N–H and O–H groups in total. The quantitative estimate of drug-likeness (QED) is 0.260. The molecule has 0 amide bonds. The molecule has 2 unspecified atom stereocenters. The first kappa shape index (κ1) is 25.9. The lowest BCUT2D eigenvalue weighted by Gasteiger charge is -2.21. The van der Waals surface area contributed by atoms with Gasteiger partial charge in [0.2, 0.25) is 0 Å². The second-order valence-corrected chi connectivity index (χ2v) is 10.1. The molecule has 0 radical (unpaired) electrons. The second kappa shape index (κ2) is 9.69. The number of rotatable bonds is 6. The van der Waals surface area contributed by atoms with Gasteiger partial charge in [-0.2, -0.15) is 18.3 Å². The van der Waals surface area contributed by atoms with E-state index in [1.54, 1.807) is 53.3 Å². The fourth-order valence-electron chi connectivity index (χ4n) is 5.63. The third kappa shape index (κ3) is 4.67. The van der Waals surface area contributed by atoms with Crippen molar-refractivity contribution in [1.82, 2.24) is 9.78 Å². The fourth-order valence-corrected chi connectivity index (χ4v) is 5.63. The molecule has 2 atom stereocenters. The molecule has 0 saturated carbocycles. The number of alkyl halides is 3. The van der Waals surface area contributed by atoms with Gasteiger partial charge in [0.25, 0.3) is 0 Å². The minimum Gasteiger partial charge on any atom is -0.492 e. The third-order valence-electron chi connectivity index (χ3n) is 7.42. The average Bonchev–Trinajstić information content (AvgIpc) is 3.63. The molecule has 3 aromatic carbocycles. The average molecular weight is 553 g/mol. The largest absolute Gasteiger partial charge is 0.492 e. The van der Waals surface area contributed by atoms with Crippen LogP contribution < -0.4 is 9.47 Å². The van der Waals surface area contributed by atoms with E-state index in [4.69, 9.17) is 14.6 Å². The number of aliphatic carboxylic acids is 1. The van der Waals surface area contributed by atoms with E-state index in [0.717, 1.165) is 11.3 Å². The Kier molecular flexibility index (Phi) is 6.28. The summed E-state index contributed by atoms with van der Waals surface area (Å²) in [6.07, 6.45) is -3.35. The fraction of sp³-hybridized carbons (Fsp3) is 0.267. The van der Waals surface area contributed by atoms with Crippen LogP contribution in [0.2, 0.25) is 0 Å². The minimum atomic E-state index is -4.76. The number of fused-ring (bicyclic) bond motifs is 2. The first-order valence-corrected chi connectivity index (χ1v) is 12.8. The van der Waals surface area contributed by atoms with Crippen molar-refractivity contribution in [3.63, 3.8) is 0 Å². The zero-order chi connectivity index (χ0) is 28.2. The maximum atomic E-state index is 15.3. The molecular formula is C30H24F4N2O4. The number of halogens is 4. The highest BCUT2D eigenvalue weighted by molar-refractivity contribution is 5.75. The molecule has 40 heavy (non-hydrogen) atoms. The summed E-state index contributed by atoms with van der Waals surface area (Å²) in [5.41, 5.74) is 1.88. The van der Waals surface area contributed by atoms with Crippen LogP contribution in [0.4, 0.5) is 17.6 Å². The number of benzene rings is 3. The molecule has 0 saturated heterocycles. The van der Waals surface area contributed by atoms with E-state index in [1.807, 2.05) is 13.0 Å². The van der Waals surface area contributed by atoms with Gasteiger partial charge < -0.3 is 14.6 Å². The van der Waals surface area contributed by atoms with Crippen molar-refractivity contribution in [3.8, 4) is 28.3 Å². The van der Waals surface area contributed by atoms with Gasteiger partial charge in [0.1, 0.15) is 23.4 Å². The van der Waals surface area contributed by atoms with Gasteiger partial charge in [0.05, 0.1) is 30.0 Å². The molecule has 1 aromatic heterocycles. The summed E-state index contributed by atoms with van der Waals surface area (Å²) in [6, 6.07) is 13.9. The molecule has 1 aliphatic carbocycles. The van der Waals surface area contributed by atoms with Crippen molar-refractivity contribution in [1.29, 1.82) is 0 Å². The predicted molar refractivity (Wildman–Crippen MR) is 137 cm³/mol. The van der Waals surface area contributed by atoms with Crippen LogP contribution >= 0.6 is 0 Å². The van der Waals surface area contributed by atoms with Gasteiger partial charge in [-0.15, -0.1) is 0 Å². The number of carboxylic acids is 1. The van der Waals surface area contributed by atoms with Gasteiger partial charge in [0, 0.05) is 29.3 Å². The zero-order valence-electron chi connectivity index (χ0n) is 21.3. The van der Waals surface area contributed by atoms with Crippen LogP contribution in [0.3, 0.4) is 0 Å². The molecule has 4 aromatic rings. The van der Waals surface area contributed by atoms with Crippen molar-refractivity contribution >= 4 is 5.97 Å².